The van der Waals surface area contributed by atoms with E-state index in [2.05, 4.69) is 26.2 Å². The van der Waals surface area contributed by atoms with Crippen molar-refractivity contribution < 1.29 is 9.18 Å². The molecule has 0 aliphatic heterocycles. The molecule has 0 aliphatic carbocycles. The number of fused-ring (bicyclic) bond motifs is 1. The molecule has 0 saturated carbocycles. The number of aryl methyl sites for hydroxylation is 1. The highest BCUT2D eigenvalue weighted by molar-refractivity contribution is 9.10. The summed E-state index contributed by atoms with van der Waals surface area (Å²) in [5.74, 6) is -0.952. The molecule has 7 heteroatoms. The molecule has 0 aliphatic rings. The van der Waals surface area contributed by atoms with E-state index in [-0.39, 0.29) is 12.1 Å². The van der Waals surface area contributed by atoms with Gasteiger partial charge in [0, 0.05) is 27.3 Å². The molecular formula is C23H17BrFN3O2. The number of aromatic nitrogens is 2. The van der Waals surface area contributed by atoms with Gasteiger partial charge in [0.1, 0.15) is 17.0 Å². The smallest absolute Gasteiger partial charge is 0.265 e. The first kappa shape index (κ1) is 20.0. The fourth-order valence-corrected chi connectivity index (χ4v) is 3.75. The number of nitrogens with zero attached hydrogens (tertiary/aromatic N) is 2. The molecule has 1 amide bonds. The third kappa shape index (κ3) is 3.89. The number of pyridine rings is 2. The summed E-state index contributed by atoms with van der Waals surface area (Å²) in [4.78, 5) is 30.4. The van der Waals surface area contributed by atoms with Gasteiger partial charge in [-0.3, -0.25) is 14.2 Å². The van der Waals surface area contributed by atoms with Crippen LogP contribution in [0, 0.1) is 12.7 Å². The van der Waals surface area contributed by atoms with E-state index in [0.29, 0.717) is 22.3 Å². The van der Waals surface area contributed by atoms with Crippen LogP contribution >= 0.6 is 15.9 Å². The molecule has 30 heavy (non-hydrogen) atoms. The molecular weight excluding hydrogens is 449 g/mol. The van der Waals surface area contributed by atoms with Crippen LogP contribution in [-0.4, -0.2) is 15.5 Å². The third-order valence-corrected chi connectivity index (χ3v) is 5.31. The minimum absolute atomic E-state index is 0.0303. The van der Waals surface area contributed by atoms with Crippen LogP contribution < -0.4 is 10.9 Å². The molecule has 1 N–H and O–H groups in total. The van der Waals surface area contributed by atoms with Crippen molar-refractivity contribution in [2.75, 3.05) is 5.32 Å². The molecule has 4 aromatic rings. The molecule has 2 aromatic carbocycles. The van der Waals surface area contributed by atoms with Crippen molar-refractivity contribution in [1.82, 2.24) is 9.55 Å². The highest BCUT2D eigenvalue weighted by Gasteiger charge is 2.18. The van der Waals surface area contributed by atoms with Gasteiger partial charge in [-0.2, -0.15) is 0 Å². The number of amides is 1. The van der Waals surface area contributed by atoms with Crippen LogP contribution in [0.3, 0.4) is 0 Å². The number of benzene rings is 2. The van der Waals surface area contributed by atoms with Crippen LogP contribution in [0.25, 0.3) is 11.0 Å². The molecule has 0 spiro atoms. The lowest BCUT2D eigenvalue weighted by atomic mass is 10.1. The molecule has 0 radical (unpaired) electrons. The lowest BCUT2D eigenvalue weighted by Gasteiger charge is -2.13. The predicted molar refractivity (Wildman–Crippen MR) is 118 cm³/mol. The molecule has 0 atom stereocenters. The second-order valence-corrected chi connectivity index (χ2v) is 7.79. The van der Waals surface area contributed by atoms with Gasteiger partial charge >= 0.3 is 0 Å². The van der Waals surface area contributed by atoms with E-state index in [4.69, 9.17) is 0 Å². The van der Waals surface area contributed by atoms with Gasteiger partial charge in [-0.25, -0.2) is 9.37 Å². The van der Waals surface area contributed by atoms with Crippen LogP contribution in [0.2, 0.25) is 0 Å². The van der Waals surface area contributed by atoms with E-state index >= 15 is 0 Å². The average Bonchev–Trinajstić information content (AvgIpc) is 2.73. The maximum absolute atomic E-state index is 14.2. The number of hydrogen-bond donors (Lipinski definition) is 1. The maximum atomic E-state index is 14.2. The van der Waals surface area contributed by atoms with E-state index < -0.39 is 17.3 Å². The Kier molecular flexibility index (Phi) is 5.46. The second-order valence-electron chi connectivity index (χ2n) is 6.87. The fourth-order valence-electron chi connectivity index (χ4n) is 3.27. The monoisotopic (exact) mass is 465 g/mol. The van der Waals surface area contributed by atoms with Gasteiger partial charge in [0.05, 0.1) is 6.54 Å². The molecule has 2 heterocycles. The molecule has 4 rings (SSSR count). The van der Waals surface area contributed by atoms with E-state index in [1.807, 2.05) is 19.1 Å². The Labute approximate surface area is 180 Å². The van der Waals surface area contributed by atoms with Crippen LogP contribution in [0.1, 0.15) is 21.5 Å². The molecule has 0 unspecified atom stereocenters. The minimum atomic E-state index is -0.531. The topological polar surface area (TPSA) is 64.0 Å². The van der Waals surface area contributed by atoms with E-state index in [1.165, 1.54) is 16.7 Å². The minimum Gasteiger partial charge on any atom is -0.322 e. The maximum Gasteiger partial charge on any atom is 0.265 e. The number of anilines is 1. The summed E-state index contributed by atoms with van der Waals surface area (Å²) in [6, 6.07) is 16.7. The van der Waals surface area contributed by atoms with Crippen molar-refractivity contribution in [1.29, 1.82) is 0 Å². The summed E-state index contributed by atoms with van der Waals surface area (Å²) >= 11 is 3.39. The van der Waals surface area contributed by atoms with Crippen LogP contribution in [0.5, 0.6) is 0 Å². The number of carbonyl (C=O) groups is 1. The van der Waals surface area contributed by atoms with Crippen LogP contribution in [-0.2, 0) is 6.54 Å². The summed E-state index contributed by atoms with van der Waals surface area (Å²) in [6.45, 7) is 1.83. The number of halogens is 2. The number of rotatable bonds is 4. The Balaban J connectivity index is 1.81. The predicted octanol–water partition coefficient (Wildman–Crippen LogP) is 4.91. The summed E-state index contributed by atoms with van der Waals surface area (Å²) < 4.78 is 16.4. The second kappa shape index (κ2) is 8.20. The van der Waals surface area contributed by atoms with E-state index in [1.54, 1.807) is 42.6 Å². The highest BCUT2D eigenvalue weighted by atomic mass is 79.9. The summed E-state index contributed by atoms with van der Waals surface area (Å²) in [7, 11) is 0. The first-order valence-corrected chi connectivity index (χ1v) is 10.0. The quantitative estimate of drug-likeness (QED) is 0.465. The van der Waals surface area contributed by atoms with Crippen molar-refractivity contribution in [3.8, 4) is 0 Å². The lowest BCUT2D eigenvalue weighted by Crippen LogP contribution is -2.30. The van der Waals surface area contributed by atoms with Gasteiger partial charge in [0.15, 0.2) is 0 Å². The number of hydrogen-bond acceptors (Lipinski definition) is 3. The zero-order chi connectivity index (χ0) is 21.3. The molecule has 0 fully saturated rings. The molecule has 0 saturated heterocycles. The van der Waals surface area contributed by atoms with Crippen molar-refractivity contribution in [2.24, 2.45) is 0 Å². The fraction of sp³-hybridized carbons (Fsp3) is 0.0870. The largest absolute Gasteiger partial charge is 0.322 e. The van der Waals surface area contributed by atoms with Gasteiger partial charge in [-0.1, -0.05) is 34.1 Å². The van der Waals surface area contributed by atoms with Crippen LogP contribution in [0.4, 0.5) is 10.1 Å². The van der Waals surface area contributed by atoms with Crippen molar-refractivity contribution in [2.45, 2.75) is 13.5 Å². The van der Waals surface area contributed by atoms with Gasteiger partial charge in [-0.05, 0) is 55.0 Å². The Bertz CT molecular complexity index is 1330. The summed E-state index contributed by atoms with van der Waals surface area (Å²) in [6.07, 6.45) is 1.56. The Morgan fingerprint density at radius 2 is 1.93 bits per heavy atom. The third-order valence-electron chi connectivity index (χ3n) is 4.82. The zero-order valence-electron chi connectivity index (χ0n) is 16.0. The number of carbonyl (C=O) groups excluding carboxylic acids is 1. The zero-order valence-corrected chi connectivity index (χ0v) is 17.6. The summed E-state index contributed by atoms with van der Waals surface area (Å²) in [5.41, 5.74) is 1.63. The lowest BCUT2D eigenvalue weighted by molar-refractivity contribution is 0.102. The summed E-state index contributed by atoms with van der Waals surface area (Å²) in [5, 5.41) is 3.41. The normalized spacial score (nSPS) is 10.9. The number of nitrogens with one attached hydrogen (secondary N) is 1. The van der Waals surface area contributed by atoms with Crippen molar-refractivity contribution >= 4 is 38.6 Å². The van der Waals surface area contributed by atoms with Gasteiger partial charge < -0.3 is 5.32 Å². The highest BCUT2D eigenvalue weighted by Crippen LogP contribution is 2.21. The Hall–Kier alpha value is -3.32. The Morgan fingerprint density at radius 3 is 2.70 bits per heavy atom. The van der Waals surface area contributed by atoms with Crippen LogP contribution in [0.15, 0.2) is 76.1 Å². The average molecular weight is 466 g/mol. The molecule has 0 bridgehead atoms. The van der Waals surface area contributed by atoms with E-state index in [0.717, 1.165) is 10.0 Å². The van der Waals surface area contributed by atoms with E-state index in [9.17, 15) is 14.0 Å². The SMILES string of the molecule is Cc1cc(Br)ccc1NC(=O)c1cc2cccnc2n(Cc2ccccc2F)c1=O. The molecule has 150 valence electrons. The van der Waals surface area contributed by atoms with Crippen molar-refractivity contribution in [3.05, 3.63) is 104 Å². The first-order chi connectivity index (χ1) is 14.4. The first-order valence-electron chi connectivity index (χ1n) is 9.23. The van der Waals surface area contributed by atoms with Crippen molar-refractivity contribution in [3.63, 3.8) is 0 Å². The Morgan fingerprint density at radius 1 is 1.13 bits per heavy atom. The standard InChI is InChI=1S/C23H17BrFN3O2/c1-14-11-17(24)8-9-20(14)27-22(29)18-12-15-6-4-10-26-21(15)28(23(18)30)13-16-5-2-3-7-19(16)25/h2-12H,13H2,1H3,(H,27,29). The van der Waals surface area contributed by atoms with Gasteiger partial charge in [0.2, 0.25) is 0 Å². The van der Waals surface area contributed by atoms with Gasteiger partial charge in [0.25, 0.3) is 11.5 Å². The molecule has 2 aromatic heterocycles. The van der Waals surface area contributed by atoms with Gasteiger partial charge in [-0.15, -0.1) is 0 Å². The molecule has 5 nitrogen and oxygen atoms in total.